The number of nitrogens with two attached hydrogens (primary N) is 1. The van der Waals surface area contributed by atoms with Crippen LogP contribution < -0.4 is 10.6 Å². The van der Waals surface area contributed by atoms with Crippen LogP contribution in [0.25, 0.3) is 0 Å². The highest BCUT2D eigenvalue weighted by molar-refractivity contribution is 6.31. The molecule has 1 aromatic carbocycles. The number of ether oxygens (including phenoxy) is 1. The van der Waals surface area contributed by atoms with E-state index in [4.69, 9.17) is 27.1 Å². The Kier molecular flexibility index (Phi) is 5.76. The lowest BCUT2D eigenvalue weighted by Gasteiger charge is -2.41. The van der Waals surface area contributed by atoms with Crippen molar-refractivity contribution in [3.05, 3.63) is 45.9 Å². The predicted molar refractivity (Wildman–Crippen MR) is 134 cm³/mol. The molecule has 2 aliphatic heterocycles. The molecule has 1 saturated heterocycles. The summed E-state index contributed by atoms with van der Waals surface area (Å²) in [5.41, 5.74) is 11.4. The molecule has 3 heterocycles. The number of hydrogen-bond donors (Lipinski definition) is 1. The van der Waals surface area contributed by atoms with Gasteiger partial charge in [-0.3, -0.25) is 0 Å². The van der Waals surface area contributed by atoms with Gasteiger partial charge in [-0.15, -0.1) is 0 Å². The lowest BCUT2D eigenvalue weighted by atomic mass is 9.72. The Morgan fingerprint density at radius 1 is 1.26 bits per heavy atom. The second kappa shape index (κ2) is 8.38. The van der Waals surface area contributed by atoms with Gasteiger partial charge in [-0.05, 0) is 75.6 Å². The van der Waals surface area contributed by atoms with Crippen molar-refractivity contribution >= 4 is 29.2 Å². The number of amides is 1. The fourth-order valence-corrected chi connectivity index (χ4v) is 6.21. The number of benzene rings is 1. The summed E-state index contributed by atoms with van der Waals surface area (Å²) in [4.78, 5) is 26.3. The minimum Gasteiger partial charge on any atom is -0.444 e. The highest BCUT2D eigenvalue weighted by Gasteiger charge is 2.48. The van der Waals surface area contributed by atoms with Crippen LogP contribution in [-0.2, 0) is 23.1 Å². The third-order valence-electron chi connectivity index (χ3n) is 7.60. The molecule has 7 nitrogen and oxygen atoms in total. The fourth-order valence-electron chi connectivity index (χ4n) is 5.97. The van der Waals surface area contributed by atoms with Gasteiger partial charge in [0, 0.05) is 53.6 Å². The Morgan fingerprint density at radius 2 is 2.00 bits per heavy atom. The number of halogens is 1. The van der Waals surface area contributed by atoms with Gasteiger partial charge in [-0.1, -0.05) is 18.5 Å². The molecule has 0 radical (unpaired) electrons. The van der Waals surface area contributed by atoms with Crippen molar-refractivity contribution in [3.8, 4) is 0 Å². The number of aromatic nitrogens is 2. The zero-order chi connectivity index (χ0) is 24.3. The van der Waals surface area contributed by atoms with E-state index < -0.39 is 5.60 Å². The molecule has 1 amide bonds. The normalized spacial score (nSPS) is 21.1. The summed E-state index contributed by atoms with van der Waals surface area (Å²) in [6, 6.07) is 4.06. The smallest absolute Gasteiger partial charge is 0.410 e. The molecule has 3 aliphatic rings. The van der Waals surface area contributed by atoms with Gasteiger partial charge >= 0.3 is 6.09 Å². The monoisotopic (exact) mass is 483 g/mol. The van der Waals surface area contributed by atoms with Crippen LogP contribution in [0.5, 0.6) is 0 Å². The largest absolute Gasteiger partial charge is 0.444 e. The van der Waals surface area contributed by atoms with Crippen molar-refractivity contribution in [1.29, 1.82) is 0 Å². The molecule has 1 aliphatic carbocycles. The maximum absolute atomic E-state index is 12.7. The summed E-state index contributed by atoms with van der Waals surface area (Å²) < 4.78 is 5.63. The van der Waals surface area contributed by atoms with E-state index in [2.05, 4.69) is 22.9 Å². The molecule has 1 spiro atoms. The van der Waals surface area contributed by atoms with Crippen molar-refractivity contribution in [2.24, 2.45) is 5.73 Å². The number of piperidine rings is 1. The quantitative estimate of drug-likeness (QED) is 0.642. The van der Waals surface area contributed by atoms with Crippen LogP contribution >= 0.6 is 11.6 Å². The average Bonchev–Trinajstić information content (AvgIpc) is 3.32. The van der Waals surface area contributed by atoms with Gasteiger partial charge in [0.05, 0.1) is 0 Å². The number of likely N-dealkylation sites (tertiary alicyclic amines) is 1. The molecule has 182 valence electrons. The van der Waals surface area contributed by atoms with Gasteiger partial charge in [-0.25, -0.2) is 14.8 Å². The van der Waals surface area contributed by atoms with Crippen LogP contribution in [-0.4, -0.2) is 46.2 Å². The van der Waals surface area contributed by atoms with Crippen molar-refractivity contribution in [2.45, 2.75) is 76.9 Å². The molecule has 2 aromatic rings. The highest BCUT2D eigenvalue weighted by Crippen LogP contribution is 2.53. The molecule has 1 aromatic heterocycles. The van der Waals surface area contributed by atoms with Crippen molar-refractivity contribution < 1.29 is 9.53 Å². The number of fused-ring (bicyclic) bond motifs is 3. The molecule has 1 unspecified atom stereocenters. The van der Waals surface area contributed by atoms with Gasteiger partial charge < -0.3 is 20.3 Å². The predicted octanol–water partition coefficient (Wildman–Crippen LogP) is 5.06. The van der Waals surface area contributed by atoms with Crippen LogP contribution in [0, 0.1) is 0 Å². The van der Waals surface area contributed by atoms with E-state index in [9.17, 15) is 4.79 Å². The fraction of sp³-hybridized carbons (Fsp3) is 0.577. The first-order chi connectivity index (χ1) is 16.1. The summed E-state index contributed by atoms with van der Waals surface area (Å²) in [6.07, 6.45) is 5.20. The van der Waals surface area contributed by atoms with Gasteiger partial charge in [0.15, 0.2) is 0 Å². The second-order valence-corrected chi connectivity index (χ2v) is 11.4. The minimum absolute atomic E-state index is 0.146. The lowest BCUT2D eigenvalue weighted by molar-refractivity contribution is 0.0170. The first kappa shape index (κ1) is 23.4. The Labute approximate surface area is 206 Å². The molecule has 8 heteroatoms. The first-order valence-electron chi connectivity index (χ1n) is 12.2. The first-order valence-corrected chi connectivity index (χ1v) is 12.6. The van der Waals surface area contributed by atoms with E-state index in [0.29, 0.717) is 30.6 Å². The Morgan fingerprint density at radius 3 is 2.68 bits per heavy atom. The van der Waals surface area contributed by atoms with Gasteiger partial charge in [0.2, 0.25) is 0 Å². The zero-order valence-corrected chi connectivity index (χ0v) is 21.3. The summed E-state index contributed by atoms with van der Waals surface area (Å²) in [7, 11) is 0. The van der Waals surface area contributed by atoms with E-state index in [1.165, 1.54) is 11.1 Å². The summed E-state index contributed by atoms with van der Waals surface area (Å²) in [5, 5.41) is 0.707. The number of aryl methyl sites for hydroxylation is 1. The Bertz CT molecular complexity index is 1120. The third kappa shape index (κ3) is 3.83. The standard InChI is InChI=1S/C26H34ClN5O2/c1-16-5-7-19-21(16)23(30-15-29-19)32-14-26(22-17(13-28)18(27)6-8-20(22)32)9-11-31(12-10-26)24(33)34-25(2,3)4/h6,8,15-16H,5,7,9-14,28H2,1-4H3. The topological polar surface area (TPSA) is 84.6 Å². The molecule has 0 bridgehead atoms. The van der Waals surface area contributed by atoms with Crippen LogP contribution in [0.3, 0.4) is 0 Å². The molecule has 2 N–H and O–H groups in total. The molecule has 34 heavy (non-hydrogen) atoms. The third-order valence-corrected chi connectivity index (χ3v) is 7.95. The summed E-state index contributed by atoms with van der Waals surface area (Å²) in [6.45, 7) is 10.4. The maximum atomic E-state index is 12.7. The number of hydrogen-bond acceptors (Lipinski definition) is 6. The Hall–Kier alpha value is -2.38. The van der Waals surface area contributed by atoms with Crippen molar-refractivity contribution in [1.82, 2.24) is 14.9 Å². The van der Waals surface area contributed by atoms with Gasteiger partial charge in [-0.2, -0.15) is 0 Å². The van der Waals surface area contributed by atoms with Crippen LogP contribution in [0.2, 0.25) is 5.02 Å². The Balaban J connectivity index is 1.53. The molecular formula is C26H34ClN5O2. The lowest BCUT2D eigenvalue weighted by Crippen LogP contribution is -2.48. The molecule has 1 atom stereocenters. The second-order valence-electron chi connectivity index (χ2n) is 11.0. The number of carbonyl (C=O) groups is 1. The number of anilines is 2. The molecule has 0 saturated carbocycles. The molecular weight excluding hydrogens is 450 g/mol. The van der Waals surface area contributed by atoms with E-state index in [1.54, 1.807) is 6.33 Å². The van der Waals surface area contributed by atoms with E-state index in [1.807, 2.05) is 31.7 Å². The zero-order valence-electron chi connectivity index (χ0n) is 20.5. The molecule has 5 rings (SSSR count). The number of nitrogens with zero attached hydrogens (tertiary/aromatic N) is 4. The SMILES string of the molecule is CC1CCc2ncnc(N3CC4(CCN(C(=O)OC(C)(C)C)CC4)c4c3ccc(Cl)c4CN)c21. The van der Waals surface area contributed by atoms with Crippen LogP contribution in [0.4, 0.5) is 16.3 Å². The summed E-state index contributed by atoms with van der Waals surface area (Å²) >= 11 is 6.66. The minimum atomic E-state index is -0.507. The van der Waals surface area contributed by atoms with Crippen LogP contribution in [0.15, 0.2) is 18.5 Å². The number of carbonyl (C=O) groups excluding carboxylic acids is 1. The average molecular weight is 484 g/mol. The highest BCUT2D eigenvalue weighted by atomic mass is 35.5. The van der Waals surface area contributed by atoms with E-state index >= 15 is 0 Å². The number of rotatable bonds is 2. The molecule has 1 fully saturated rings. The van der Waals surface area contributed by atoms with Gasteiger partial charge in [0.1, 0.15) is 17.7 Å². The van der Waals surface area contributed by atoms with Gasteiger partial charge in [0.25, 0.3) is 0 Å². The maximum Gasteiger partial charge on any atom is 0.410 e. The van der Waals surface area contributed by atoms with Crippen molar-refractivity contribution in [2.75, 3.05) is 24.5 Å². The summed E-state index contributed by atoms with van der Waals surface area (Å²) in [5.74, 6) is 1.44. The van der Waals surface area contributed by atoms with Crippen molar-refractivity contribution in [3.63, 3.8) is 0 Å². The van der Waals surface area contributed by atoms with E-state index in [-0.39, 0.29) is 11.5 Å². The van der Waals surface area contributed by atoms with E-state index in [0.717, 1.165) is 55.0 Å². The van der Waals surface area contributed by atoms with Crippen LogP contribution in [0.1, 0.15) is 75.3 Å².